The largest absolute Gasteiger partial charge is 0.490 e. The Morgan fingerprint density at radius 2 is 1.41 bits per heavy atom. The van der Waals surface area contributed by atoms with E-state index in [1.54, 1.807) is 45.0 Å². The lowest BCUT2D eigenvalue weighted by molar-refractivity contribution is -0.149. The number of rotatable bonds is 12. The molecule has 0 aliphatic rings. The molecule has 0 aliphatic carbocycles. The molecule has 0 radical (unpaired) electrons. The molecule has 13 heteroatoms. The third kappa shape index (κ3) is 7.35. The number of hydrogen-bond acceptors (Lipinski definition) is 13. The minimum atomic E-state index is -0.935. The first-order valence-electron chi connectivity index (χ1n) is 13.6. The van der Waals surface area contributed by atoms with Crippen molar-refractivity contribution in [1.29, 1.82) is 0 Å². The van der Waals surface area contributed by atoms with E-state index in [1.807, 2.05) is 0 Å². The first-order valence-corrected chi connectivity index (χ1v) is 13.6. The fourth-order valence-corrected chi connectivity index (χ4v) is 4.16. The number of nitrogens with zero attached hydrogens (tertiary/aromatic N) is 1. The summed E-state index contributed by atoms with van der Waals surface area (Å²) in [6.07, 6.45) is -0.935. The van der Waals surface area contributed by atoms with E-state index in [4.69, 9.17) is 32.5 Å². The zero-order valence-corrected chi connectivity index (χ0v) is 24.8. The highest BCUT2D eigenvalue weighted by atomic mass is 16.6. The molecule has 0 N–H and O–H groups in total. The molecular formula is C31H31NO12. The number of ether oxygens (including phenoxy) is 5. The summed E-state index contributed by atoms with van der Waals surface area (Å²) in [4.78, 5) is 63.5. The van der Waals surface area contributed by atoms with Crippen LogP contribution in [0.2, 0.25) is 0 Å². The van der Waals surface area contributed by atoms with Crippen molar-refractivity contribution in [3.63, 3.8) is 0 Å². The Bertz CT molecular complexity index is 1820. The highest BCUT2D eigenvalue weighted by Gasteiger charge is 2.21. The molecule has 0 fully saturated rings. The Morgan fingerprint density at radius 3 is 2.02 bits per heavy atom. The van der Waals surface area contributed by atoms with Gasteiger partial charge in [0.15, 0.2) is 17.0 Å². The van der Waals surface area contributed by atoms with E-state index < -0.39 is 34.9 Å². The predicted molar refractivity (Wildman–Crippen MR) is 158 cm³/mol. The van der Waals surface area contributed by atoms with Crippen molar-refractivity contribution in [3.05, 3.63) is 74.4 Å². The van der Waals surface area contributed by atoms with E-state index in [1.165, 1.54) is 25.1 Å². The van der Waals surface area contributed by atoms with Crippen molar-refractivity contribution >= 4 is 45.5 Å². The maximum Gasteiger partial charge on any atom is 0.374 e. The molecule has 0 amide bonds. The van der Waals surface area contributed by atoms with Crippen LogP contribution in [0.15, 0.2) is 60.9 Å². The number of fused-ring (bicyclic) bond motifs is 2. The van der Waals surface area contributed by atoms with Gasteiger partial charge >= 0.3 is 17.9 Å². The molecule has 0 bridgehead atoms. The monoisotopic (exact) mass is 609 g/mol. The van der Waals surface area contributed by atoms with Gasteiger partial charge in [-0.3, -0.25) is 14.4 Å². The van der Waals surface area contributed by atoms with Crippen molar-refractivity contribution in [1.82, 2.24) is 0 Å². The van der Waals surface area contributed by atoms with Gasteiger partial charge in [-0.05, 0) is 32.0 Å². The lowest BCUT2D eigenvalue weighted by Crippen LogP contribution is -2.30. The minimum absolute atomic E-state index is 0.0783. The predicted octanol–water partition coefficient (Wildman–Crippen LogP) is 3.71. The molecule has 0 spiro atoms. The van der Waals surface area contributed by atoms with E-state index in [9.17, 15) is 24.0 Å². The maximum absolute atomic E-state index is 13.0. The Kier molecular flexibility index (Phi) is 9.88. The van der Waals surface area contributed by atoms with E-state index in [0.717, 1.165) is 12.1 Å². The highest BCUT2D eigenvalue weighted by Crippen LogP contribution is 2.30. The molecule has 44 heavy (non-hydrogen) atoms. The summed E-state index contributed by atoms with van der Waals surface area (Å²) in [6.45, 7) is 4.33. The SMILES string of the molecule is CCOC(=O)c1cc(=O)c2cc(OCC(COc3cc(N(C)C)cc4oc(C(=O)OCC)cc(=O)c34)OC(C)=O)ccc2o1. The van der Waals surface area contributed by atoms with Crippen molar-refractivity contribution in [2.45, 2.75) is 26.9 Å². The fraction of sp³-hybridized carbons (Fsp3) is 0.323. The van der Waals surface area contributed by atoms with Crippen LogP contribution in [0.5, 0.6) is 11.5 Å². The number of carbonyl (C=O) groups is 3. The number of esters is 3. The third-order valence-corrected chi connectivity index (χ3v) is 6.14. The van der Waals surface area contributed by atoms with Crippen LogP contribution in [0.1, 0.15) is 41.9 Å². The number of carbonyl (C=O) groups excluding carboxylic acids is 3. The Morgan fingerprint density at radius 1 is 0.795 bits per heavy atom. The molecule has 2 heterocycles. The molecule has 13 nitrogen and oxygen atoms in total. The van der Waals surface area contributed by atoms with Gasteiger partial charge in [-0.2, -0.15) is 0 Å². The zero-order chi connectivity index (χ0) is 32.0. The summed E-state index contributed by atoms with van der Waals surface area (Å²) < 4.78 is 38.2. The lowest BCUT2D eigenvalue weighted by Gasteiger charge is -2.20. The topological polar surface area (TPSA) is 161 Å². The summed E-state index contributed by atoms with van der Waals surface area (Å²) in [5, 5.41) is 0.242. The van der Waals surface area contributed by atoms with E-state index in [-0.39, 0.29) is 71.4 Å². The van der Waals surface area contributed by atoms with E-state index in [2.05, 4.69) is 0 Å². The normalized spacial score (nSPS) is 11.6. The van der Waals surface area contributed by atoms with Crippen LogP contribution in [0.4, 0.5) is 5.69 Å². The Balaban J connectivity index is 1.57. The second kappa shape index (κ2) is 13.8. The van der Waals surface area contributed by atoms with Crippen molar-refractivity contribution < 1.29 is 46.9 Å². The molecule has 2 aromatic heterocycles. The average molecular weight is 610 g/mol. The molecule has 1 atom stereocenters. The minimum Gasteiger partial charge on any atom is -0.490 e. The van der Waals surface area contributed by atoms with Crippen molar-refractivity contribution in [2.24, 2.45) is 0 Å². The van der Waals surface area contributed by atoms with Gasteiger partial charge in [0, 0.05) is 51.0 Å². The first-order chi connectivity index (χ1) is 21.0. The molecule has 0 saturated carbocycles. The number of hydrogen-bond donors (Lipinski definition) is 0. The molecule has 1 unspecified atom stereocenters. The van der Waals surface area contributed by atoms with Gasteiger partial charge in [-0.15, -0.1) is 0 Å². The second-order valence-corrected chi connectivity index (χ2v) is 9.61. The number of benzene rings is 2. The molecule has 2 aromatic carbocycles. The summed E-state index contributed by atoms with van der Waals surface area (Å²) in [5.41, 5.74) is -0.139. The second-order valence-electron chi connectivity index (χ2n) is 9.61. The standard InChI is InChI=1S/C31H31NO12/c1-6-38-30(36)27-13-22(34)21-12-19(8-9-24(21)43-27)40-15-20(42-17(3)33)16-41-25-10-18(32(4)5)11-26-29(25)23(35)14-28(44-26)31(37)39-7-2/h8-14,20H,6-7,15-16H2,1-5H3. The first kappa shape index (κ1) is 31.6. The van der Waals surface area contributed by atoms with E-state index in [0.29, 0.717) is 5.69 Å². The third-order valence-electron chi connectivity index (χ3n) is 6.14. The Labute approximate surface area is 250 Å². The summed E-state index contributed by atoms with van der Waals surface area (Å²) in [6, 6.07) is 9.69. The van der Waals surface area contributed by atoms with Gasteiger partial charge in [-0.1, -0.05) is 0 Å². The Hall–Kier alpha value is -5.33. The van der Waals surface area contributed by atoms with Gasteiger partial charge in [0.1, 0.15) is 41.3 Å². The van der Waals surface area contributed by atoms with Gasteiger partial charge in [0.05, 0.1) is 18.6 Å². The van der Waals surface area contributed by atoms with Crippen LogP contribution in [-0.2, 0) is 19.0 Å². The lowest BCUT2D eigenvalue weighted by atomic mass is 10.1. The molecule has 4 rings (SSSR count). The van der Waals surface area contributed by atoms with Crippen molar-refractivity contribution in [2.75, 3.05) is 45.4 Å². The van der Waals surface area contributed by atoms with Gasteiger partial charge in [0.25, 0.3) is 0 Å². The van der Waals surface area contributed by atoms with Crippen LogP contribution in [0.25, 0.3) is 21.9 Å². The van der Waals surface area contributed by atoms with Crippen LogP contribution in [0, 0.1) is 0 Å². The van der Waals surface area contributed by atoms with Gasteiger partial charge in [-0.25, -0.2) is 9.59 Å². The van der Waals surface area contributed by atoms with Gasteiger partial charge < -0.3 is 37.4 Å². The molecular weight excluding hydrogens is 578 g/mol. The quantitative estimate of drug-likeness (QED) is 0.169. The van der Waals surface area contributed by atoms with Crippen LogP contribution >= 0.6 is 0 Å². The smallest absolute Gasteiger partial charge is 0.374 e. The molecule has 0 aliphatic heterocycles. The average Bonchev–Trinajstić information content (AvgIpc) is 2.98. The number of anilines is 1. The summed E-state index contributed by atoms with van der Waals surface area (Å²) >= 11 is 0. The maximum atomic E-state index is 13.0. The fourth-order valence-electron chi connectivity index (χ4n) is 4.16. The van der Waals surface area contributed by atoms with Crippen LogP contribution in [-0.4, -0.2) is 64.5 Å². The summed E-state index contributed by atoms with van der Waals surface area (Å²) in [5.74, 6) is -2.20. The van der Waals surface area contributed by atoms with Crippen LogP contribution < -0.4 is 25.2 Å². The highest BCUT2D eigenvalue weighted by molar-refractivity contribution is 5.92. The van der Waals surface area contributed by atoms with E-state index >= 15 is 0 Å². The molecule has 232 valence electrons. The van der Waals surface area contributed by atoms with Crippen molar-refractivity contribution in [3.8, 4) is 11.5 Å². The zero-order valence-electron chi connectivity index (χ0n) is 24.8. The summed E-state index contributed by atoms with van der Waals surface area (Å²) in [7, 11) is 3.55. The molecule has 4 aromatic rings. The van der Waals surface area contributed by atoms with Crippen LogP contribution in [0.3, 0.4) is 0 Å². The molecule has 0 saturated heterocycles. The van der Waals surface area contributed by atoms with Gasteiger partial charge in [0.2, 0.25) is 11.5 Å².